The van der Waals surface area contributed by atoms with Crippen LogP contribution in [-0.2, 0) is 0 Å². The van der Waals surface area contributed by atoms with Gasteiger partial charge in [0.25, 0.3) is 11.8 Å². The number of hydrogen-bond acceptors (Lipinski definition) is 5. The van der Waals surface area contributed by atoms with Crippen LogP contribution in [0.3, 0.4) is 0 Å². The van der Waals surface area contributed by atoms with E-state index >= 15 is 0 Å². The third-order valence-electron chi connectivity index (χ3n) is 5.20. The molecule has 154 valence electrons. The maximum absolute atomic E-state index is 13.8. The van der Waals surface area contributed by atoms with Gasteiger partial charge in [-0.25, -0.2) is 23.3 Å². The molecular weight excluding hydrogens is 406 g/mol. The van der Waals surface area contributed by atoms with Crippen molar-refractivity contribution in [3.8, 4) is 11.4 Å². The summed E-state index contributed by atoms with van der Waals surface area (Å²) in [6.45, 7) is 1.66. The van der Waals surface area contributed by atoms with Crippen molar-refractivity contribution in [2.45, 2.75) is 6.92 Å². The van der Waals surface area contributed by atoms with Crippen LogP contribution in [0.5, 0.6) is 5.75 Å². The van der Waals surface area contributed by atoms with E-state index in [4.69, 9.17) is 4.74 Å². The predicted molar refractivity (Wildman–Crippen MR) is 108 cm³/mol. The molecule has 0 saturated heterocycles. The first kappa shape index (κ1) is 18.9. The van der Waals surface area contributed by atoms with Gasteiger partial charge in [0.05, 0.1) is 40.7 Å². The average molecular weight is 420 g/mol. The summed E-state index contributed by atoms with van der Waals surface area (Å²) in [6.07, 6.45) is 1.30. The van der Waals surface area contributed by atoms with Crippen molar-refractivity contribution in [1.29, 1.82) is 0 Å². The molecule has 5 rings (SSSR count). The van der Waals surface area contributed by atoms with Crippen molar-refractivity contribution in [3.63, 3.8) is 0 Å². The Balaban J connectivity index is 1.72. The number of aromatic nitrogens is 3. The molecule has 7 nitrogen and oxygen atoms in total. The van der Waals surface area contributed by atoms with Crippen LogP contribution in [0.25, 0.3) is 16.7 Å². The Morgan fingerprint density at radius 2 is 1.77 bits per heavy atom. The van der Waals surface area contributed by atoms with Gasteiger partial charge in [0.2, 0.25) is 0 Å². The van der Waals surface area contributed by atoms with Gasteiger partial charge in [-0.05, 0) is 31.2 Å². The minimum atomic E-state index is -1.03. The zero-order valence-corrected chi connectivity index (χ0v) is 16.4. The lowest BCUT2D eigenvalue weighted by atomic mass is 10.1. The summed E-state index contributed by atoms with van der Waals surface area (Å²) in [4.78, 5) is 31.8. The number of benzene rings is 2. The fraction of sp³-hybridized carbons (Fsp3) is 0.0909. The van der Waals surface area contributed by atoms with Crippen LogP contribution in [-0.4, -0.2) is 33.7 Å². The van der Waals surface area contributed by atoms with E-state index in [0.717, 1.165) is 17.0 Å². The summed E-state index contributed by atoms with van der Waals surface area (Å²) >= 11 is 0. The monoisotopic (exact) mass is 420 g/mol. The van der Waals surface area contributed by atoms with Crippen molar-refractivity contribution in [3.05, 3.63) is 77.1 Å². The number of hydrogen-bond donors (Lipinski definition) is 0. The molecule has 31 heavy (non-hydrogen) atoms. The van der Waals surface area contributed by atoms with Crippen LogP contribution >= 0.6 is 0 Å². The lowest BCUT2D eigenvalue weighted by Crippen LogP contribution is -2.29. The number of imide groups is 1. The van der Waals surface area contributed by atoms with Gasteiger partial charge in [0.15, 0.2) is 17.3 Å². The topological polar surface area (TPSA) is 77.3 Å². The van der Waals surface area contributed by atoms with Gasteiger partial charge in [0.1, 0.15) is 5.75 Å². The van der Waals surface area contributed by atoms with E-state index in [9.17, 15) is 18.4 Å². The zero-order chi connectivity index (χ0) is 21.9. The summed E-state index contributed by atoms with van der Waals surface area (Å²) in [5.74, 6) is -2.72. The van der Waals surface area contributed by atoms with E-state index in [1.54, 1.807) is 31.2 Å². The maximum Gasteiger partial charge on any atom is 0.267 e. The highest BCUT2D eigenvalue weighted by atomic mass is 19.2. The first-order valence-electron chi connectivity index (χ1n) is 9.28. The molecule has 0 unspecified atom stereocenters. The van der Waals surface area contributed by atoms with Crippen molar-refractivity contribution in [1.82, 2.24) is 14.8 Å². The van der Waals surface area contributed by atoms with E-state index in [0.29, 0.717) is 22.5 Å². The second-order valence-corrected chi connectivity index (χ2v) is 6.96. The largest absolute Gasteiger partial charge is 0.495 e. The van der Waals surface area contributed by atoms with Gasteiger partial charge in [-0.3, -0.25) is 9.59 Å². The predicted octanol–water partition coefficient (Wildman–Crippen LogP) is 3.82. The van der Waals surface area contributed by atoms with Crippen LogP contribution in [0.15, 0.2) is 48.7 Å². The number of fused-ring (bicyclic) bond motifs is 3. The van der Waals surface area contributed by atoms with E-state index in [-0.39, 0.29) is 22.5 Å². The van der Waals surface area contributed by atoms with Crippen LogP contribution in [0.4, 0.5) is 14.5 Å². The highest BCUT2D eigenvalue weighted by Gasteiger charge is 2.41. The SMILES string of the molecule is COc1ccccc1N1C(=O)c2cnc3c(c(C)nn3-c3ccc(F)c(F)c3)c2C1=O. The summed E-state index contributed by atoms with van der Waals surface area (Å²) in [5, 5.41) is 4.73. The first-order chi connectivity index (χ1) is 14.9. The van der Waals surface area contributed by atoms with Gasteiger partial charge in [-0.2, -0.15) is 5.10 Å². The minimum Gasteiger partial charge on any atom is -0.495 e. The van der Waals surface area contributed by atoms with Crippen molar-refractivity contribution in [2.24, 2.45) is 0 Å². The molecule has 0 spiro atoms. The Hall–Kier alpha value is -4.14. The third kappa shape index (κ3) is 2.63. The van der Waals surface area contributed by atoms with E-state index < -0.39 is 23.4 Å². The van der Waals surface area contributed by atoms with Gasteiger partial charge in [0, 0.05) is 12.3 Å². The van der Waals surface area contributed by atoms with Crippen LogP contribution in [0, 0.1) is 18.6 Å². The number of carbonyl (C=O) groups excluding carboxylic acids is 2. The minimum absolute atomic E-state index is 0.136. The molecule has 0 radical (unpaired) electrons. The highest BCUT2D eigenvalue weighted by Crippen LogP contribution is 2.37. The third-order valence-corrected chi connectivity index (χ3v) is 5.20. The second-order valence-electron chi connectivity index (χ2n) is 6.96. The highest BCUT2D eigenvalue weighted by molar-refractivity contribution is 6.37. The Kier molecular flexibility index (Phi) is 4.07. The quantitative estimate of drug-likeness (QED) is 0.471. The van der Waals surface area contributed by atoms with Gasteiger partial charge >= 0.3 is 0 Å². The number of pyridine rings is 1. The number of anilines is 1. The molecule has 0 fully saturated rings. The smallest absolute Gasteiger partial charge is 0.267 e. The number of halogens is 2. The van der Waals surface area contributed by atoms with E-state index in [1.807, 2.05) is 0 Å². The van der Waals surface area contributed by atoms with Gasteiger partial charge in [-0.15, -0.1) is 0 Å². The number of amides is 2. The number of methoxy groups -OCH3 is 1. The number of carbonyl (C=O) groups is 2. The number of para-hydroxylation sites is 2. The molecule has 0 atom stereocenters. The Morgan fingerprint density at radius 3 is 2.52 bits per heavy atom. The molecule has 9 heteroatoms. The number of aryl methyl sites for hydroxylation is 1. The van der Waals surface area contributed by atoms with Gasteiger partial charge < -0.3 is 4.74 Å². The Labute approximate surface area is 174 Å². The molecule has 0 saturated carbocycles. The van der Waals surface area contributed by atoms with Crippen LogP contribution < -0.4 is 9.64 Å². The number of ether oxygens (including phenoxy) is 1. The van der Waals surface area contributed by atoms with E-state index in [1.165, 1.54) is 24.1 Å². The molecule has 2 amide bonds. The molecule has 1 aliphatic heterocycles. The summed E-state index contributed by atoms with van der Waals surface area (Å²) in [6, 6.07) is 10.0. The summed E-state index contributed by atoms with van der Waals surface area (Å²) in [5.41, 5.74) is 1.53. The van der Waals surface area contributed by atoms with Crippen LogP contribution in [0.1, 0.15) is 26.4 Å². The molecule has 4 aromatic rings. The van der Waals surface area contributed by atoms with E-state index in [2.05, 4.69) is 10.1 Å². The normalized spacial score (nSPS) is 13.2. The zero-order valence-electron chi connectivity index (χ0n) is 16.4. The molecule has 2 aromatic heterocycles. The fourth-order valence-electron chi connectivity index (χ4n) is 3.79. The number of nitrogens with zero attached hydrogens (tertiary/aromatic N) is 4. The summed E-state index contributed by atoms with van der Waals surface area (Å²) in [7, 11) is 1.45. The number of rotatable bonds is 3. The lowest BCUT2D eigenvalue weighted by molar-refractivity contribution is 0.0925. The summed E-state index contributed by atoms with van der Waals surface area (Å²) < 4.78 is 33.7. The second kappa shape index (κ2) is 6.69. The molecule has 3 heterocycles. The maximum atomic E-state index is 13.8. The van der Waals surface area contributed by atoms with Gasteiger partial charge in [-0.1, -0.05) is 12.1 Å². The van der Waals surface area contributed by atoms with Crippen molar-refractivity contribution in [2.75, 3.05) is 12.0 Å². The Morgan fingerprint density at radius 1 is 1.00 bits per heavy atom. The van der Waals surface area contributed by atoms with Crippen LogP contribution in [0.2, 0.25) is 0 Å². The standard InChI is InChI=1S/C22H14F2N4O3/c1-11-18-19-13(21(29)27(22(19)30)16-5-3-4-6-17(16)31-2)10-25-20(18)28(26-11)12-7-8-14(23)15(24)9-12/h3-10H,1-2H3. The molecular formula is C22H14F2N4O3. The molecule has 0 N–H and O–H groups in total. The lowest BCUT2D eigenvalue weighted by Gasteiger charge is -2.16. The Bertz CT molecular complexity index is 1410. The van der Waals surface area contributed by atoms with Crippen molar-refractivity contribution >= 4 is 28.5 Å². The molecule has 1 aliphatic rings. The fourth-order valence-corrected chi connectivity index (χ4v) is 3.79. The van der Waals surface area contributed by atoms with Crippen molar-refractivity contribution < 1.29 is 23.1 Å². The molecule has 2 aromatic carbocycles. The molecule has 0 bridgehead atoms. The first-order valence-corrected chi connectivity index (χ1v) is 9.28. The molecule has 0 aliphatic carbocycles. The average Bonchev–Trinajstić information content (AvgIpc) is 3.24.